The van der Waals surface area contributed by atoms with Gasteiger partial charge in [-0.25, -0.2) is 4.79 Å². The minimum Gasteiger partial charge on any atom is -0.507 e. The number of carbonyl (C=O) groups is 3. The van der Waals surface area contributed by atoms with Crippen LogP contribution < -0.4 is 15.5 Å². The number of nitrogens with zero attached hydrogens (tertiary/aromatic N) is 1. The predicted octanol–water partition coefficient (Wildman–Crippen LogP) is 7.61. The van der Waals surface area contributed by atoms with E-state index in [1.807, 2.05) is 24.3 Å². The largest absolute Gasteiger partial charge is 0.507 e. The molecule has 1 atom stereocenters. The van der Waals surface area contributed by atoms with Crippen LogP contribution in [0.3, 0.4) is 0 Å². The third kappa shape index (κ3) is 5.66. The van der Waals surface area contributed by atoms with Crippen LogP contribution in [0, 0.1) is 0 Å². The summed E-state index contributed by atoms with van der Waals surface area (Å²) < 4.78 is 5.28. The molecule has 0 radical (unpaired) electrons. The van der Waals surface area contributed by atoms with Crippen molar-refractivity contribution in [3.8, 4) is 5.75 Å². The topological polar surface area (TPSA) is 124 Å². The van der Waals surface area contributed by atoms with Gasteiger partial charge in [0.2, 0.25) is 0 Å². The Balaban J connectivity index is 1.21. The molecule has 0 bridgehead atoms. The number of H-pyrrole nitrogens is 1. The molecule has 0 fully saturated rings. The van der Waals surface area contributed by atoms with Crippen LogP contribution in [0.4, 0.5) is 21.9 Å². The van der Waals surface area contributed by atoms with Gasteiger partial charge < -0.3 is 25.0 Å². The van der Waals surface area contributed by atoms with Gasteiger partial charge in [-0.15, -0.1) is 11.6 Å². The molecule has 1 aromatic heterocycles. The fraction of sp³-hybridized carbons (Fsp3) is 0.206. The predicted molar refractivity (Wildman–Crippen MR) is 173 cm³/mol. The number of halogens is 1. The summed E-state index contributed by atoms with van der Waals surface area (Å²) in [5.41, 5.74) is 3.36. The number of phenols is 1. The minimum absolute atomic E-state index is 0.0786. The maximum absolute atomic E-state index is 13.8. The van der Waals surface area contributed by atoms with Crippen LogP contribution >= 0.6 is 11.6 Å². The molecule has 4 N–H and O–H groups in total. The van der Waals surface area contributed by atoms with E-state index in [0.717, 1.165) is 27.2 Å². The molecule has 0 saturated carbocycles. The van der Waals surface area contributed by atoms with E-state index in [4.69, 9.17) is 16.3 Å². The quantitative estimate of drug-likeness (QED) is 0.153. The Kier molecular flexibility index (Phi) is 7.43. The molecular weight excluding hydrogens is 580 g/mol. The first kappa shape index (κ1) is 29.1. The number of phenolic OH excluding ortho intramolecular Hbond substituents is 1. The third-order valence-corrected chi connectivity index (χ3v) is 7.83. The molecule has 0 unspecified atom stereocenters. The lowest BCUT2D eigenvalue weighted by Crippen LogP contribution is -2.30. The Labute approximate surface area is 258 Å². The number of alkyl halides is 1. The van der Waals surface area contributed by atoms with E-state index in [1.165, 1.54) is 0 Å². The van der Waals surface area contributed by atoms with Gasteiger partial charge in [-0.3, -0.25) is 14.9 Å². The number of hydrogen-bond acceptors (Lipinski definition) is 5. The fourth-order valence-electron chi connectivity index (χ4n) is 5.58. The first-order valence-electron chi connectivity index (χ1n) is 14.2. The molecule has 5 aromatic rings. The molecule has 0 saturated heterocycles. The summed E-state index contributed by atoms with van der Waals surface area (Å²) in [4.78, 5) is 43.8. The van der Waals surface area contributed by atoms with E-state index in [1.54, 1.807) is 80.3 Å². The summed E-state index contributed by atoms with van der Waals surface area (Å²) in [6, 6.07) is 22.8. The summed E-state index contributed by atoms with van der Waals surface area (Å²) >= 11 is 6.35. The Bertz CT molecular complexity index is 1940. The van der Waals surface area contributed by atoms with Crippen molar-refractivity contribution in [1.82, 2.24) is 4.98 Å². The molecule has 0 aliphatic carbocycles. The number of nitrogens with one attached hydrogen (secondary N) is 3. The highest BCUT2D eigenvalue weighted by molar-refractivity contribution is 6.19. The van der Waals surface area contributed by atoms with Crippen molar-refractivity contribution in [2.24, 2.45) is 0 Å². The highest BCUT2D eigenvalue weighted by Crippen LogP contribution is 2.45. The summed E-state index contributed by atoms with van der Waals surface area (Å²) in [6.07, 6.45) is -0.612. The Morgan fingerprint density at radius 3 is 2.45 bits per heavy atom. The number of hydrogen-bond donors (Lipinski definition) is 4. The number of aromatic hydroxyl groups is 1. The second kappa shape index (κ2) is 11.2. The van der Waals surface area contributed by atoms with Crippen molar-refractivity contribution in [3.05, 3.63) is 95.7 Å². The summed E-state index contributed by atoms with van der Waals surface area (Å²) in [5.74, 6) is -0.247. The maximum Gasteiger partial charge on any atom is 0.412 e. The van der Waals surface area contributed by atoms with Crippen LogP contribution in [-0.2, 0) is 4.74 Å². The summed E-state index contributed by atoms with van der Waals surface area (Å²) in [7, 11) is 0. The van der Waals surface area contributed by atoms with E-state index >= 15 is 0 Å². The first-order valence-corrected chi connectivity index (χ1v) is 14.7. The van der Waals surface area contributed by atoms with Gasteiger partial charge in [0, 0.05) is 57.6 Å². The average Bonchev–Trinajstić information content (AvgIpc) is 3.57. The molecule has 2 heterocycles. The summed E-state index contributed by atoms with van der Waals surface area (Å²) in [6.45, 7) is 5.70. The van der Waals surface area contributed by atoms with Gasteiger partial charge >= 0.3 is 6.09 Å². The highest BCUT2D eigenvalue weighted by atomic mass is 35.5. The number of rotatable bonds is 5. The second-order valence-corrected chi connectivity index (χ2v) is 12.1. The van der Waals surface area contributed by atoms with E-state index < -0.39 is 11.7 Å². The monoisotopic (exact) mass is 610 g/mol. The van der Waals surface area contributed by atoms with E-state index in [9.17, 15) is 19.5 Å². The number of carbonyl (C=O) groups excluding carboxylic acids is 3. The van der Waals surface area contributed by atoms with Gasteiger partial charge in [-0.2, -0.15) is 0 Å². The lowest BCUT2D eigenvalue weighted by molar-refractivity contribution is 0.0635. The molecule has 1 aliphatic heterocycles. The van der Waals surface area contributed by atoms with Gasteiger partial charge in [0.05, 0.1) is 5.69 Å². The van der Waals surface area contributed by atoms with Crippen LogP contribution in [0.5, 0.6) is 5.75 Å². The smallest absolute Gasteiger partial charge is 0.412 e. The molecule has 6 rings (SSSR count). The minimum atomic E-state index is -0.649. The third-order valence-electron chi connectivity index (χ3n) is 7.46. The van der Waals surface area contributed by atoms with Crippen LogP contribution in [-0.4, -0.2) is 46.0 Å². The Hall–Kier alpha value is -5.02. The number of benzene rings is 4. The number of aromatic amines is 1. The molecular formula is C34H31ClN4O5. The molecule has 10 heteroatoms. The fourth-order valence-corrected chi connectivity index (χ4v) is 5.83. The van der Waals surface area contributed by atoms with Gasteiger partial charge in [0.1, 0.15) is 17.0 Å². The first-order chi connectivity index (χ1) is 21.0. The maximum atomic E-state index is 13.8. The lowest BCUT2D eigenvalue weighted by atomic mass is 9.95. The zero-order valence-corrected chi connectivity index (χ0v) is 25.2. The Morgan fingerprint density at radius 2 is 1.70 bits per heavy atom. The molecule has 1 aliphatic rings. The van der Waals surface area contributed by atoms with Crippen molar-refractivity contribution >= 4 is 68.2 Å². The number of anilines is 3. The zero-order valence-electron chi connectivity index (χ0n) is 24.4. The van der Waals surface area contributed by atoms with Crippen LogP contribution in [0.25, 0.3) is 21.7 Å². The summed E-state index contributed by atoms with van der Waals surface area (Å²) in [5, 5.41) is 18.6. The van der Waals surface area contributed by atoms with E-state index in [-0.39, 0.29) is 23.5 Å². The normalized spacial score (nSPS) is 14.5. The second-order valence-electron chi connectivity index (χ2n) is 11.8. The lowest BCUT2D eigenvalue weighted by Gasteiger charge is -2.19. The highest BCUT2D eigenvalue weighted by Gasteiger charge is 2.35. The van der Waals surface area contributed by atoms with Gasteiger partial charge in [0.25, 0.3) is 11.8 Å². The van der Waals surface area contributed by atoms with Gasteiger partial charge in [0.15, 0.2) is 0 Å². The molecule has 9 nitrogen and oxygen atoms in total. The van der Waals surface area contributed by atoms with Crippen molar-refractivity contribution in [2.75, 3.05) is 28.0 Å². The van der Waals surface area contributed by atoms with Crippen molar-refractivity contribution in [1.29, 1.82) is 0 Å². The van der Waals surface area contributed by atoms with E-state index in [0.29, 0.717) is 40.7 Å². The van der Waals surface area contributed by atoms with Crippen molar-refractivity contribution < 1.29 is 24.2 Å². The van der Waals surface area contributed by atoms with Crippen LogP contribution in [0.15, 0.2) is 78.9 Å². The molecule has 4 aromatic carbocycles. The Morgan fingerprint density at radius 1 is 0.955 bits per heavy atom. The van der Waals surface area contributed by atoms with Gasteiger partial charge in [-0.05, 0) is 74.2 Å². The molecule has 0 spiro atoms. The van der Waals surface area contributed by atoms with Crippen molar-refractivity contribution in [2.45, 2.75) is 32.3 Å². The number of fused-ring (bicyclic) bond motifs is 4. The van der Waals surface area contributed by atoms with Gasteiger partial charge in [-0.1, -0.05) is 30.3 Å². The van der Waals surface area contributed by atoms with E-state index in [2.05, 4.69) is 15.6 Å². The molecule has 224 valence electrons. The zero-order chi connectivity index (χ0) is 31.2. The average molecular weight is 611 g/mol. The SMILES string of the molecule is CC(C)(C)OC(=O)Nc1cccc(C(=O)Nc2ccc3[nH]c(C(=O)N4C[C@@H](CCl)c5c4cc(O)c4ccccc54)cc3c2)c1. The standard InChI is InChI=1S/C34H31ClN4O5/c1-34(2,3)44-33(43)37-22-8-6-7-19(13-22)31(41)36-23-11-12-26-20(14-23)15-27(38-26)32(42)39-18-21(17-35)30-25-10-5-4-9-24(25)29(40)16-28(30)39/h4-16,21,38,40H,17-18H2,1-3H3,(H,36,41)(H,37,43)/t21-/m1/s1. The van der Waals surface area contributed by atoms with Crippen LogP contribution in [0.1, 0.15) is 53.1 Å². The number of amides is 3. The number of ether oxygens (including phenoxy) is 1. The van der Waals surface area contributed by atoms with Crippen LogP contribution in [0.2, 0.25) is 0 Å². The molecule has 44 heavy (non-hydrogen) atoms. The van der Waals surface area contributed by atoms with Crippen molar-refractivity contribution in [3.63, 3.8) is 0 Å². The molecule has 3 amide bonds. The number of aromatic nitrogens is 1.